The van der Waals surface area contributed by atoms with Crippen LogP contribution in [-0.2, 0) is 11.2 Å². The highest BCUT2D eigenvalue weighted by Crippen LogP contribution is 2.27. The van der Waals surface area contributed by atoms with E-state index in [0.717, 1.165) is 52.7 Å². The largest absolute Gasteiger partial charge is 0.356 e. The topological polar surface area (TPSA) is 59.8 Å². The average molecular weight is 403 g/mol. The van der Waals surface area contributed by atoms with E-state index in [1.807, 2.05) is 48.2 Å². The number of benzene rings is 1. The summed E-state index contributed by atoms with van der Waals surface area (Å²) < 4.78 is 1.83. The number of nitrogens with one attached hydrogen (secondary N) is 1. The van der Waals surface area contributed by atoms with Gasteiger partial charge in [-0.05, 0) is 32.4 Å². The zero-order valence-corrected chi connectivity index (χ0v) is 17.3. The van der Waals surface area contributed by atoms with Gasteiger partial charge in [-0.15, -0.1) is 11.3 Å². The molecule has 0 spiro atoms. The SMILES string of the molecule is CCCCNC(=O)Cc1c(C)nn(-c2nc(-c3ccc(Cl)cc3)cs2)c1C. The molecule has 5 nitrogen and oxygen atoms in total. The predicted molar refractivity (Wildman–Crippen MR) is 111 cm³/mol. The van der Waals surface area contributed by atoms with Gasteiger partial charge in [0.05, 0.1) is 17.8 Å². The average Bonchev–Trinajstić information content (AvgIpc) is 3.23. The van der Waals surface area contributed by atoms with Crippen LogP contribution in [0.2, 0.25) is 5.02 Å². The Balaban J connectivity index is 1.80. The van der Waals surface area contributed by atoms with Crippen molar-refractivity contribution in [3.05, 3.63) is 51.6 Å². The van der Waals surface area contributed by atoms with Crippen LogP contribution in [0.4, 0.5) is 0 Å². The third-order valence-corrected chi connectivity index (χ3v) is 5.51. The summed E-state index contributed by atoms with van der Waals surface area (Å²) in [5, 5.41) is 11.1. The van der Waals surface area contributed by atoms with E-state index in [0.29, 0.717) is 11.4 Å². The molecule has 0 unspecified atom stereocenters. The lowest BCUT2D eigenvalue weighted by Crippen LogP contribution is -2.26. The normalized spacial score (nSPS) is 11.0. The van der Waals surface area contributed by atoms with Crippen molar-refractivity contribution in [1.29, 1.82) is 0 Å². The molecule has 0 aliphatic heterocycles. The van der Waals surface area contributed by atoms with E-state index < -0.39 is 0 Å². The summed E-state index contributed by atoms with van der Waals surface area (Å²) in [6, 6.07) is 7.62. The van der Waals surface area contributed by atoms with Gasteiger partial charge in [0.15, 0.2) is 0 Å². The molecule has 3 aromatic rings. The van der Waals surface area contributed by atoms with Gasteiger partial charge in [0.2, 0.25) is 11.0 Å². The summed E-state index contributed by atoms with van der Waals surface area (Å²) in [6.07, 6.45) is 2.41. The Bertz CT molecular complexity index is 930. The van der Waals surface area contributed by atoms with E-state index in [4.69, 9.17) is 16.6 Å². The molecule has 0 aliphatic rings. The molecule has 7 heteroatoms. The number of aryl methyl sites for hydroxylation is 1. The zero-order valence-electron chi connectivity index (χ0n) is 15.8. The minimum atomic E-state index is 0.0372. The molecule has 2 aromatic heterocycles. The van der Waals surface area contributed by atoms with Crippen molar-refractivity contribution in [2.75, 3.05) is 6.54 Å². The van der Waals surface area contributed by atoms with Gasteiger partial charge in [0.1, 0.15) is 0 Å². The first-order valence-electron chi connectivity index (χ1n) is 9.03. The standard InChI is InChI=1S/C20H23ClN4OS/c1-4-5-10-22-19(26)11-17-13(2)24-25(14(17)3)20-23-18(12-27-20)15-6-8-16(21)9-7-15/h6-9,12H,4-5,10-11H2,1-3H3,(H,22,26). The first kappa shape index (κ1) is 19.6. The van der Waals surface area contributed by atoms with Crippen LogP contribution in [0.1, 0.15) is 36.7 Å². The van der Waals surface area contributed by atoms with Gasteiger partial charge >= 0.3 is 0 Å². The second-order valence-electron chi connectivity index (χ2n) is 6.46. The molecule has 1 aromatic carbocycles. The summed E-state index contributed by atoms with van der Waals surface area (Å²) >= 11 is 7.49. The number of thiazole rings is 1. The molecule has 142 valence electrons. The Morgan fingerprint density at radius 2 is 2.00 bits per heavy atom. The number of halogens is 1. The van der Waals surface area contributed by atoms with Gasteiger partial charge in [0, 0.05) is 33.8 Å². The van der Waals surface area contributed by atoms with Crippen LogP contribution >= 0.6 is 22.9 Å². The van der Waals surface area contributed by atoms with Crippen LogP contribution in [0.15, 0.2) is 29.6 Å². The fourth-order valence-corrected chi connectivity index (χ4v) is 3.82. The number of hydrogen-bond donors (Lipinski definition) is 1. The molecule has 1 N–H and O–H groups in total. The van der Waals surface area contributed by atoms with Gasteiger partial charge in [0.25, 0.3) is 0 Å². The van der Waals surface area contributed by atoms with Crippen LogP contribution in [-0.4, -0.2) is 27.2 Å². The quantitative estimate of drug-likeness (QED) is 0.581. The number of rotatable bonds is 7. The van der Waals surface area contributed by atoms with E-state index in [-0.39, 0.29) is 5.91 Å². The number of hydrogen-bond acceptors (Lipinski definition) is 4. The van der Waals surface area contributed by atoms with Crippen LogP contribution in [0.5, 0.6) is 0 Å². The Labute approximate surface area is 168 Å². The third kappa shape index (κ3) is 4.57. The third-order valence-electron chi connectivity index (χ3n) is 4.44. The van der Waals surface area contributed by atoms with Crippen LogP contribution in [0.25, 0.3) is 16.4 Å². The highest BCUT2D eigenvalue weighted by molar-refractivity contribution is 7.12. The number of carbonyl (C=O) groups excluding carboxylic acids is 1. The first-order chi connectivity index (χ1) is 13.0. The number of amides is 1. The van der Waals surface area contributed by atoms with Crippen molar-refractivity contribution in [1.82, 2.24) is 20.1 Å². The molecular formula is C20H23ClN4OS. The van der Waals surface area contributed by atoms with Gasteiger partial charge in [-0.25, -0.2) is 9.67 Å². The van der Waals surface area contributed by atoms with E-state index in [1.165, 1.54) is 11.3 Å². The Kier molecular flexibility index (Phi) is 6.29. The molecule has 0 saturated heterocycles. The Hall–Kier alpha value is -2.18. The van der Waals surface area contributed by atoms with Gasteiger partial charge in [-0.1, -0.05) is 37.1 Å². The Morgan fingerprint density at radius 3 is 2.70 bits per heavy atom. The van der Waals surface area contributed by atoms with Crippen molar-refractivity contribution in [2.24, 2.45) is 0 Å². The fraction of sp³-hybridized carbons (Fsp3) is 0.350. The zero-order chi connectivity index (χ0) is 19.4. The van der Waals surface area contributed by atoms with E-state index in [9.17, 15) is 4.79 Å². The van der Waals surface area contributed by atoms with Crippen LogP contribution < -0.4 is 5.32 Å². The van der Waals surface area contributed by atoms with E-state index >= 15 is 0 Å². The van der Waals surface area contributed by atoms with Crippen molar-refractivity contribution < 1.29 is 4.79 Å². The van der Waals surface area contributed by atoms with Crippen LogP contribution in [0, 0.1) is 13.8 Å². The highest BCUT2D eigenvalue weighted by Gasteiger charge is 2.17. The minimum absolute atomic E-state index is 0.0372. The lowest BCUT2D eigenvalue weighted by Gasteiger charge is -2.05. The molecule has 2 heterocycles. The molecule has 0 atom stereocenters. The summed E-state index contributed by atoms with van der Waals surface area (Å²) in [7, 11) is 0. The second-order valence-corrected chi connectivity index (χ2v) is 7.74. The molecular weight excluding hydrogens is 380 g/mol. The second kappa shape index (κ2) is 8.67. The first-order valence-corrected chi connectivity index (χ1v) is 10.3. The van der Waals surface area contributed by atoms with Gasteiger partial charge < -0.3 is 5.32 Å². The highest BCUT2D eigenvalue weighted by atomic mass is 35.5. The molecule has 0 aliphatic carbocycles. The number of nitrogens with zero attached hydrogens (tertiary/aromatic N) is 3. The summed E-state index contributed by atoms with van der Waals surface area (Å²) in [5.74, 6) is 0.0372. The summed E-state index contributed by atoms with van der Waals surface area (Å²) in [5.41, 5.74) is 4.68. The Morgan fingerprint density at radius 1 is 1.26 bits per heavy atom. The van der Waals surface area contributed by atoms with E-state index in [1.54, 1.807) is 0 Å². The minimum Gasteiger partial charge on any atom is -0.356 e. The van der Waals surface area contributed by atoms with Crippen molar-refractivity contribution in [2.45, 2.75) is 40.0 Å². The van der Waals surface area contributed by atoms with Gasteiger partial charge in [-0.2, -0.15) is 5.10 Å². The maximum atomic E-state index is 12.2. The number of aromatic nitrogens is 3. The van der Waals surface area contributed by atoms with Gasteiger partial charge in [-0.3, -0.25) is 4.79 Å². The van der Waals surface area contributed by atoms with Crippen LogP contribution in [0.3, 0.4) is 0 Å². The molecule has 0 radical (unpaired) electrons. The summed E-state index contributed by atoms with van der Waals surface area (Å²) in [4.78, 5) is 16.9. The molecule has 0 fully saturated rings. The van der Waals surface area contributed by atoms with Crippen molar-refractivity contribution in [3.63, 3.8) is 0 Å². The number of unbranched alkanes of at least 4 members (excludes halogenated alkanes) is 1. The molecule has 1 amide bonds. The van der Waals surface area contributed by atoms with Crippen molar-refractivity contribution in [3.8, 4) is 16.4 Å². The molecule has 3 rings (SSSR count). The molecule has 0 bridgehead atoms. The maximum Gasteiger partial charge on any atom is 0.224 e. The lowest BCUT2D eigenvalue weighted by atomic mass is 10.1. The fourth-order valence-electron chi connectivity index (χ4n) is 2.86. The van der Waals surface area contributed by atoms with Crippen molar-refractivity contribution >= 4 is 28.8 Å². The maximum absolute atomic E-state index is 12.2. The molecule has 27 heavy (non-hydrogen) atoms. The predicted octanol–water partition coefficient (Wildman–Crippen LogP) is 4.72. The monoisotopic (exact) mass is 402 g/mol. The molecule has 0 saturated carbocycles. The van der Waals surface area contributed by atoms with E-state index in [2.05, 4.69) is 17.3 Å². The lowest BCUT2D eigenvalue weighted by molar-refractivity contribution is -0.120. The summed E-state index contributed by atoms with van der Waals surface area (Å²) in [6.45, 7) is 6.75. The smallest absolute Gasteiger partial charge is 0.224 e. The number of carbonyl (C=O) groups is 1.